The fourth-order valence-corrected chi connectivity index (χ4v) is 2.61. The minimum absolute atomic E-state index is 0.0439. The molecule has 0 aliphatic heterocycles. The van der Waals surface area contributed by atoms with Gasteiger partial charge in [-0.05, 0) is 25.2 Å². The quantitative estimate of drug-likeness (QED) is 0.635. The molecule has 0 saturated heterocycles. The first-order valence-electron chi connectivity index (χ1n) is 7.30. The molecule has 0 aromatic rings. The summed E-state index contributed by atoms with van der Waals surface area (Å²) in [5, 5.41) is 18.4. The molecule has 0 radical (unpaired) electrons. The second kappa shape index (κ2) is 9.51. The zero-order valence-corrected chi connectivity index (χ0v) is 13.4. The van der Waals surface area contributed by atoms with E-state index in [1.807, 2.05) is 6.92 Å². The Labute approximate surface area is 118 Å². The van der Waals surface area contributed by atoms with E-state index in [0.717, 1.165) is 6.42 Å². The number of methoxy groups -OCH3 is 1. The van der Waals surface area contributed by atoms with Gasteiger partial charge in [0.25, 0.3) is 0 Å². The third-order valence-electron chi connectivity index (χ3n) is 4.01. The summed E-state index contributed by atoms with van der Waals surface area (Å²) < 4.78 is 5.50. The smallest absolute Gasteiger partial charge is 0.0678 e. The molecule has 19 heavy (non-hydrogen) atoms. The van der Waals surface area contributed by atoms with E-state index in [0.29, 0.717) is 11.8 Å². The first-order chi connectivity index (χ1) is 8.87. The molecule has 0 fully saturated rings. The number of allylic oxidation sites excluding steroid dienone is 1. The van der Waals surface area contributed by atoms with Crippen LogP contribution in [0.25, 0.3) is 0 Å². The van der Waals surface area contributed by atoms with Crippen molar-refractivity contribution >= 4 is 0 Å². The molecule has 3 heteroatoms. The van der Waals surface area contributed by atoms with Crippen LogP contribution in [0.4, 0.5) is 0 Å². The van der Waals surface area contributed by atoms with Crippen molar-refractivity contribution in [3.05, 3.63) is 11.6 Å². The number of hydrogen-bond donors (Lipinski definition) is 2. The van der Waals surface area contributed by atoms with Gasteiger partial charge < -0.3 is 14.9 Å². The number of rotatable bonds is 9. The minimum Gasteiger partial charge on any atom is -0.396 e. The largest absolute Gasteiger partial charge is 0.396 e. The fourth-order valence-electron chi connectivity index (χ4n) is 2.61. The van der Waals surface area contributed by atoms with Gasteiger partial charge in [0, 0.05) is 32.2 Å². The standard InChI is InChI=1S/C16H32O3/c1-11(9-17)7-12(2)13(3)8-14(4)16(19-6)15(5)10-18/h8,11-12,14-18H,7,9-10H2,1-6H3/b13-8+/t11-,12-,14+,15+,16-/m1/s1. The van der Waals surface area contributed by atoms with Crippen LogP contribution < -0.4 is 0 Å². The summed E-state index contributed by atoms with van der Waals surface area (Å²) in [6, 6.07) is 0. The van der Waals surface area contributed by atoms with Crippen LogP contribution in [0, 0.1) is 23.7 Å². The maximum absolute atomic E-state index is 9.25. The minimum atomic E-state index is 0.0439. The molecule has 0 bridgehead atoms. The molecule has 0 unspecified atom stereocenters. The Morgan fingerprint density at radius 2 is 1.68 bits per heavy atom. The third kappa shape index (κ3) is 6.55. The van der Waals surface area contributed by atoms with Crippen molar-refractivity contribution in [2.75, 3.05) is 20.3 Å². The highest BCUT2D eigenvalue weighted by Crippen LogP contribution is 2.24. The van der Waals surface area contributed by atoms with Crippen molar-refractivity contribution in [1.82, 2.24) is 0 Å². The topological polar surface area (TPSA) is 49.7 Å². The van der Waals surface area contributed by atoms with Gasteiger partial charge in [0.1, 0.15) is 0 Å². The lowest BCUT2D eigenvalue weighted by Crippen LogP contribution is -2.29. The summed E-state index contributed by atoms with van der Waals surface area (Å²) in [6.45, 7) is 10.9. The summed E-state index contributed by atoms with van der Waals surface area (Å²) in [5.74, 6) is 1.21. The van der Waals surface area contributed by atoms with Crippen LogP contribution in [0.2, 0.25) is 0 Å². The van der Waals surface area contributed by atoms with Gasteiger partial charge in [0.05, 0.1) is 6.10 Å². The van der Waals surface area contributed by atoms with E-state index in [1.54, 1.807) is 7.11 Å². The van der Waals surface area contributed by atoms with E-state index < -0.39 is 0 Å². The SMILES string of the molecule is CO[C@H]([C@@H](C)/C=C(\C)[C@H](C)C[C@@H](C)CO)[C@@H](C)CO. The molecule has 0 rings (SSSR count). The van der Waals surface area contributed by atoms with Gasteiger partial charge in [-0.1, -0.05) is 39.3 Å². The van der Waals surface area contributed by atoms with Gasteiger partial charge >= 0.3 is 0 Å². The molecule has 0 spiro atoms. The van der Waals surface area contributed by atoms with E-state index in [-0.39, 0.29) is 31.2 Å². The summed E-state index contributed by atoms with van der Waals surface area (Å²) in [5.41, 5.74) is 1.33. The van der Waals surface area contributed by atoms with Gasteiger partial charge in [-0.2, -0.15) is 0 Å². The van der Waals surface area contributed by atoms with Crippen LogP contribution in [0.15, 0.2) is 11.6 Å². The van der Waals surface area contributed by atoms with Crippen molar-refractivity contribution in [3.8, 4) is 0 Å². The lowest BCUT2D eigenvalue weighted by atomic mass is 9.87. The van der Waals surface area contributed by atoms with Gasteiger partial charge in [-0.25, -0.2) is 0 Å². The maximum Gasteiger partial charge on any atom is 0.0678 e. The van der Waals surface area contributed by atoms with Crippen LogP contribution in [0.5, 0.6) is 0 Å². The zero-order chi connectivity index (χ0) is 15.0. The van der Waals surface area contributed by atoms with E-state index >= 15 is 0 Å². The number of aliphatic hydroxyl groups is 2. The highest BCUT2D eigenvalue weighted by molar-refractivity contribution is 5.06. The van der Waals surface area contributed by atoms with E-state index in [1.165, 1.54) is 5.57 Å². The lowest BCUT2D eigenvalue weighted by molar-refractivity contribution is 0.0103. The van der Waals surface area contributed by atoms with Crippen LogP contribution >= 0.6 is 0 Å². The Balaban J connectivity index is 4.62. The molecule has 2 N–H and O–H groups in total. The molecular formula is C16H32O3. The van der Waals surface area contributed by atoms with Crippen molar-refractivity contribution in [2.45, 2.75) is 47.1 Å². The lowest BCUT2D eigenvalue weighted by Gasteiger charge is -2.26. The van der Waals surface area contributed by atoms with Gasteiger partial charge in [-0.3, -0.25) is 0 Å². The molecule has 0 aromatic carbocycles. The maximum atomic E-state index is 9.25. The predicted molar refractivity (Wildman–Crippen MR) is 80.0 cm³/mol. The zero-order valence-electron chi connectivity index (χ0n) is 13.4. The van der Waals surface area contributed by atoms with Crippen molar-refractivity contribution in [2.24, 2.45) is 23.7 Å². The van der Waals surface area contributed by atoms with E-state index in [2.05, 4.69) is 33.8 Å². The molecule has 0 heterocycles. The van der Waals surface area contributed by atoms with Crippen LogP contribution in [0.3, 0.4) is 0 Å². The Bertz CT molecular complexity index is 263. The average molecular weight is 272 g/mol. The molecule has 3 nitrogen and oxygen atoms in total. The molecule has 114 valence electrons. The normalized spacial score (nSPS) is 20.7. The summed E-state index contributed by atoms with van der Waals surface area (Å²) >= 11 is 0. The summed E-state index contributed by atoms with van der Waals surface area (Å²) in [4.78, 5) is 0. The highest BCUT2D eigenvalue weighted by Gasteiger charge is 2.22. The molecule has 0 amide bonds. The first-order valence-corrected chi connectivity index (χ1v) is 7.30. The van der Waals surface area contributed by atoms with E-state index in [9.17, 15) is 5.11 Å². The third-order valence-corrected chi connectivity index (χ3v) is 4.01. The van der Waals surface area contributed by atoms with Crippen molar-refractivity contribution in [3.63, 3.8) is 0 Å². The second-order valence-electron chi connectivity index (χ2n) is 6.05. The van der Waals surface area contributed by atoms with Crippen LogP contribution in [-0.4, -0.2) is 36.6 Å². The average Bonchev–Trinajstić information content (AvgIpc) is 2.38. The van der Waals surface area contributed by atoms with Crippen LogP contribution in [0.1, 0.15) is 41.0 Å². The molecule has 0 aliphatic rings. The fraction of sp³-hybridized carbons (Fsp3) is 0.875. The van der Waals surface area contributed by atoms with Crippen LogP contribution in [-0.2, 0) is 4.74 Å². The predicted octanol–water partition coefficient (Wildman–Crippen LogP) is 2.87. The number of aliphatic hydroxyl groups excluding tert-OH is 2. The summed E-state index contributed by atoms with van der Waals surface area (Å²) in [6.07, 6.45) is 3.29. The molecule has 0 aromatic heterocycles. The van der Waals surface area contributed by atoms with Crippen molar-refractivity contribution in [1.29, 1.82) is 0 Å². The van der Waals surface area contributed by atoms with Crippen molar-refractivity contribution < 1.29 is 14.9 Å². The summed E-state index contributed by atoms with van der Waals surface area (Å²) in [7, 11) is 1.70. The Kier molecular flexibility index (Phi) is 9.32. The van der Waals surface area contributed by atoms with Gasteiger partial charge in [0.2, 0.25) is 0 Å². The number of ether oxygens (including phenoxy) is 1. The number of hydrogen-bond acceptors (Lipinski definition) is 3. The Morgan fingerprint density at radius 3 is 2.11 bits per heavy atom. The highest BCUT2D eigenvalue weighted by atomic mass is 16.5. The monoisotopic (exact) mass is 272 g/mol. The van der Waals surface area contributed by atoms with E-state index in [4.69, 9.17) is 9.84 Å². The Morgan fingerprint density at radius 1 is 1.11 bits per heavy atom. The molecular weight excluding hydrogens is 240 g/mol. The van der Waals surface area contributed by atoms with Gasteiger partial charge in [0.15, 0.2) is 0 Å². The Hall–Kier alpha value is -0.380. The van der Waals surface area contributed by atoms with Gasteiger partial charge in [-0.15, -0.1) is 0 Å². The molecule has 5 atom stereocenters. The molecule has 0 saturated carbocycles. The first kappa shape index (κ1) is 18.6. The second-order valence-corrected chi connectivity index (χ2v) is 6.05. The molecule has 0 aliphatic carbocycles.